The van der Waals surface area contributed by atoms with Crippen molar-refractivity contribution >= 4 is 28.7 Å². The van der Waals surface area contributed by atoms with Gasteiger partial charge < -0.3 is 4.57 Å². The minimum atomic E-state index is -4.65. The van der Waals surface area contributed by atoms with Crippen LogP contribution in [0.4, 0.5) is 22.0 Å². The molecule has 0 aliphatic rings. The van der Waals surface area contributed by atoms with Gasteiger partial charge in [-0.1, -0.05) is 11.6 Å². The normalized spacial score (nSPS) is 12.0. The van der Waals surface area contributed by atoms with Crippen LogP contribution in [0, 0.1) is 0 Å². The van der Waals surface area contributed by atoms with E-state index >= 15 is 0 Å². The third-order valence-corrected chi connectivity index (χ3v) is 5.68. The van der Waals surface area contributed by atoms with Gasteiger partial charge in [0.1, 0.15) is 4.88 Å². The number of pyridine rings is 1. The quantitative estimate of drug-likeness (QED) is 0.392. The number of aromatic nitrogens is 3. The molecule has 3 heterocycles. The molecule has 12 heteroatoms. The molecule has 30 heavy (non-hydrogen) atoms. The summed E-state index contributed by atoms with van der Waals surface area (Å²) in [5.41, 5.74) is -0.347. The molecule has 160 valence electrons. The maximum absolute atomic E-state index is 12.9. The van der Waals surface area contributed by atoms with Gasteiger partial charge in [0.25, 0.3) is 12.0 Å². The number of alkyl halides is 5. The van der Waals surface area contributed by atoms with E-state index in [1.807, 2.05) is 0 Å². The van der Waals surface area contributed by atoms with Gasteiger partial charge in [0.2, 0.25) is 0 Å². The number of carbonyl (C=O) groups excluding carboxylic acids is 1. The maximum atomic E-state index is 12.9. The molecule has 0 radical (unpaired) electrons. The zero-order valence-corrected chi connectivity index (χ0v) is 16.8. The van der Waals surface area contributed by atoms with Gasteiger partial charge in [-0.2, -0.15) is 18.3 Å². The second kappa shape index (κ2) is 8.31. The summed E-state index contributed by atoms with van der Waals surface area (Å²) in [4.78, 5) is 23.8. The molecule has 0 fully saturated rings. The molecule has 0 atom stereocenters. The van der Waals surface area contributed by atoms with Gasteiger partial charge in [0, 0.05) is 25.9 Å². The van der Waals surface area contributed by atoms with Gasteiger partial charge in [0.15, 0.2) is 5.78 Å². The highest BCUT2D eigenvalue weighted by molar-refractivity contribution is 7.14. The number of halogens is 6. The summed E-state index contributed by atoms with van der Waals surface area (Å²) in [5, 5.41) is 3.73. The van der Waals surface area contributed by atoms with E-state index in [-0.39, 0.29) is 38.1 Å². The largest absolute Gasteiger partial charge is 0.425 e. The van der Waals surface area contributed by atoms with Crippen molar-refractivity contribution in [3.63, 3.8) is 0 Å². The molecule has 3 aromatic heterocycles. The average Bonchev–Trinajstić information content (AvgIpc) is 3.22. The highest BCUT2D eigenvalue weighted by atomic mass is 35.5. The Kier molecular flexibility index (Phi) is 6.14. The standard InChI is InChI=1S/C18H13ClF5N3O2S/c1-26-3-2-12(25-26)10-4-9(7-27(17(10)29)8-15(20)21)5-13(28)16-11(19)6-14(30-16)18(22,23)24/h2-4,6-7,15H,5,8H2,1H3. The van der Waals surface area contributed by atoms with Crippen molar-refractivity contribution in [2.24, 2.45) is 7.05 Å². The number of thiophene rings is 1. The molecule has 5 nitrogen and oxygen atoms in total. The first-order valence-corrected chi connectivity index (χ1v) is 9.56. The van der Waals surface area contributed by atoms with Crippen molar-refractivity contribution in [1.29, 1.82) is 0 Å². The smallest absolute Gasteiger partial charge is 0.309 e. The molecule has 0 aliphatic heterocycles. The Hall–Kier alpha value is -2.53. The number of carbonyl (C=O) groups is 1. The lowest BCUT2D eigenvalue weighted by molar-refractivity contribution is -0.134. The van der Waals surface area contributed by atoms with E-state index in [1.54, 1.807) is 13.2 Å². The van der Waals surface area contributed by atoms with E-state index in [0.29, 0.717) is 6.07 Å². The summed E-state index contributed by atoms with van der Waals surface area (Å²) in [6.07, 6.45) is -5.27. The summed E-state index contributed by atoms with van der Waals surface area (Å²) in [5.74, 6) is -0.727. The molecule has 0 aliphatic carbocycles. The van der Waals surface area contributed by atoms with E-state index < -0.39 is 41.8 Å². The lowest BCUT2D eigenvalue weighted by atomic mass is 10.1. The van der Waals surface area contributed by atoms with E-state index in [4.69, 9.17) is 11.6 Å². The van der Waals surface area contributed by atoms with Crippen LogP contribution in [0.1, 0.15) is 20.1 Å². The van der Waals surface area contributed by atoms with Crippen LogP contribution in [0.25, 0.3) is 11.3 Å². The molecule has 3 aromatic rings. The van der Waals surface area contributed by atoms with Crippen LogP contribution in [-0.2, 0) is 26.2 Å². The van der Waals surface area contributed by atoms with Gasteiger partial charge in [-0.15, -0.1) is 11.3 Å². The number of aryl methyl sites for hydroxylation is 1. The predicted octanol–water partition coefficient (Wildman–Crippen LogP) is 4.67. The number of Topliss-reactive ketones (excluding diaryl/α,β-unsaturated/α-hetero) is 1. The van der Waals surface area contributed by atoms with Gasteiger partial charge >= 0.3 is 6.18 Å². The molecule has 0 saturated carbocycles. The maximum Gasteiger partial charge on any atom is 0.425 e. The van der Waals surface area contributed by atoms with Crippen molar-refractivity contribution in [2.45, 2.75) is 25.6 Å². The van der Waals surface area contributed by atoms with Crippen molar-refractivity contribution in [2.75, 3.05) is 0 Å². The highest BCUT2D eigenvalue weighted by Crippen LogP contribution is 2.39. The van der Waals surface area contributed by atoms with E-state index in [1.165, 1.54) is 16.8 Å². The van der Waals surface area contributed by atoms with Crippen LogP contribution < -0.4 is 5.56 Å². The highest BCUT2D eigenvalue weighted by Gasteiger charge is 2.34. The van der Waals surface area contributed by atoms with Crippen LogP contribution in [-0.4, -0.2) is 26.6 Å². The van der Waals surface area contributed by atoms with Gasteiger partial charge in [-0.05, 0) is 23.8 Å². The number of hydrogen-bond donors (Lipinski definition) is 0. The fourth-order valence-corrected chi connectivity index (χ4v) is 4.04. The lowest BCUT2D eigenvalue weighted by Gasteiger charge is -2.10. The van der Waals surface area contributed by atoms with Crippen molar-refractivity contribution in [3.05, 3.63) is 61.3 Å². The van der Waals surface area contributed by atoms with E-state index in [2.05, 4.69) is 5.10 Å². The Balaban J connectivity index is 2.00. The summed E-state index contributed by atoms with van der Waals surface area (Å²) in [7, 11) is 1.60. The van der Waals surface area contributed by atoms with Gasteiger partial charge in [-0.25, -0.2) is 8.78 Å². The SMILES string of the molecule is Cn1ccc(-c2cc(CC(=O)c3sc(C(F)(F)F)cc3Cl)cn(CC(F)F)c2=O)n1. The van der Waals surface area contributed by atoms with Crippen molar-refractivity contribution in [3.8, 4) is 11.3 Å². The number of ketones is 1. The van der Waals surface area contributed by atoms with E-state index in [0.717, 1.165) is 10.8 Å². The summed E-state index contributed by atoms with van der Waals surface area (Å²) < 4.78 is 66.5. The van der Waals surface area contributed by atoms with Crippen molar-refractivity contribution in [1.82, 2.24) is 14.3 Å². The second-order valence-electron chi connectivity index (χ2n) is 6.37. The van der Waals surface area contributed by atoms with Crippen LogP contribution in [0.15, 0.2) is 35.4 Å². The Labute approximate surface area is 175 Å². The fraction of sp³-hybridized carbons (Fsp3) is 0.278. The van der Waals surface area contributed by atoms with Crippen LogP contribution in [0.3, 0.4) is 0 Å². The molecule has 0 saturated heterocycles. The van der Waals surface area contributed by atoms with Crippen LogP contribution >= 0.6 is 22.9 Å². The first kappa shape index (κ1) is 22.2. The molecule has 0 bridgehead atoms. The van der Waals surface area contributed by atoms with Gasteiger partial charge in [0.05, 0.1) is 27.7 Å². The second-order valence-corrected chi connectivity index (χ2v) is 7.83. The lowest BCUT2D eigenvalue weighted by Crippen LogP contribution is -2.25. The monoisotopic (exact) mass is 465 g/mol. The Morgan fingerprint density at radius 2 is 2.00 bits per heavy atom. The third-order valence-electron chi connectivity index (χ3n) is 4.05. The minimum Gasteiger partial charge on any atom is -0.309 e. The molecule has 0 spiro atoms. The van der Waals surface area contributed by atoms with Gasteiger partial charge in [-0.3, -0.25) is 14.3 Å². The predicted molar refractivity (Wildman–Crippen MR) is 101 cm³/mol. The molecular formula is C18H13ClF5N3O2S. The Morgan fingerprint density at radius 3 is 2.53 bits per heavy atom. The molecule has 0 unspecified atom stereocenters. The Morgan fingerprint density at radius 1 is 1.30 bits per heavy atom. The molecule has 0 amide bonds. The number of nitrogens with zero attached hydrogens (tertiary/aromatic N) is 3. The first-order chi connectivity index (χ1) is 14.0. The molecule has 0 aromatic carbocycles. The molecular weight excluding hydrogens is 453 g/mol. The van der Waals surface area contributed by atoms with Crippen LogP contribution in [0.2, 0.25) is 5.02 Å². The van der Waals surface area contributed by atoms with Crippen molar-refractivity contribution < 1.29 is 26.7 Å². The summed E-state index contributed by atoms with van der Waals surface area (Å²) in [6, 6.07) is 3.48. The zero-order chi connectivity index (χ0) is 22.2. The molecule has 0 N–H and O–H groups in total. The average molecular weight is 466 g/mol. The minimum absolute atomic E-state index is 0.00481. The van der Waals surface area contributed by atoms with Crippen LogP contribution in [0.5, 0.6) is 0 Å². The Bertz CT molecular complexity index is 1150. The zero-order valence-electron chi connectivity index (χ0n) is 15.2. The first-order valence-electron chi connectivity index (χ1n) is 8.37. The number of rotatable bonds is 6. The number of hydrogen-bond acceptors (Lipinski definition) is 4. The summed E-state index contributed by atoms with van der Waals surface area (Å²) >= 11 is 5.99. The molecule has 3 rings (SSSR count). The fourth-order valence-electron chi connectivity index (χ4n) is 2.79. The third kappa shape index (κ3) is 4.78. The topological polar surface area (TPSA) is 56.9 Å². The summed E-state index contributed by atoms with van der Waals surface area (Å²) in [6.45, 7) is -0.904. The van der Waals surface area contributed by atoms with E-state index in [9.17, 15) is 31.5 Å².